The van der Waals surface area contributed by atoms with E-state index < -0.39 is 0 Å². The van der Waals surface area contributed by atoms with Crippen LogP contribution in [-0.2, 0) is 0 Å². The second-order valence-corrected chi connectivity index (χ2v) is 6.19. The maximum Gasteiger partial charge on any atom is 0.251 e. The van der Waals surface area contributed by atoms with Gasteiger partial charge in [0, 0.05) is 16.9 Å². The second kappa shape index (κ2) is 7.06. The number of nitrogen functional groups attached to an aromatic ring is 1. The van der Waals surface area contributed by atoms with Crippen LogP contribution in [0.5, 0.6) is 0 Å². The summed E-state index contributed by atoms with van der Waals surface area (Å²) in [5.41, 5.74) is 6.68. The molecule has 0 aliphatic rings. The van der Waals surface area contributed by atoms with Gasteiger partial charge in [-0.2, -0.15) is 11.8 Å². The Morgan fingerprint density at radius 2 is 2.05 bits per heavy atom. The van der Waals surface area contributed by atoms with Crippen molar-refractivity contribution in [3.63, 3.8) is 0 Å². The number of hydrogen-bond donors (Lipinski definition) is 2. The van der Waals surface area contributed by atoms with Gasteiger partial charge in [-0.3, -0.25) is 4.79 Å². The number of amides is 1. The lowest BCUT2D eigenvalue weighted by Crippen LogP contribution is -2.39. The molecule has 0 unspecified atom stereocenters. The molecule has 1 aromatic rings. The minimum atomic E-state index is -0.108. The van der Waals surface area contributed by atoms with E-state index in [9.17, 15) is 4.79 Å². The van der Waals surface area contributed by atoms with E-state index in [2.05, 4.69) is 25.4 Å². The Hall–Kier alpha value is -0.870. The van der Waals surface area contributed by atoms with Crippen molar-refractivity contribution >= 4 is 35.0 Å². The number of rotatable bonds is 6. The van der Waals surface area contributed by atoms with Crippen LogP contribution >= 0.6 is 23.4 Å². The summed E-state index contributed by atoms with van der Waals surface area (Å²) in [5.74, 6) is -0.108. The Morgan fingerprint density at radius 3 is 2.53 bits per heavy atom. The van der Waals surface area contributed by atoms with Gasteiger partial charge in [-0.25, -0.2) is 0 Å². The average molecular weight is 301 g/mol. The quantitative estimate of drug-likeness (QED) is 0.790. The molecule has 0 heterocycles. The van der Waals surface area contributed by atoms with Crippen molar-refractivity contribution in [3.05, 3.63) is 28.8 Å². The second-order valence-electron chi connectivity index (χ2n) is 4.51. The fourth-order valence-electron chi connectivity index (χ4n) is 1.89. The smallest absolute Gasteiger partial charge is 0.251 e. The van der Waals surface area contributed by atoms with Crippen LogP contribution in [0.1, 0.15) is 37.0 Å². The zero-order chi connectivity index (χ0) is 14.5. The molecule has 3 N–H and O–H groups in total. The molecule has 0 spiro atoms. The van der Waals surface area contributed by atoms with Crippen LogP contribution in [0.25, 0.3) is 0 Å². The number of nitrogens with one attached hydrogen (secondary N) is 1. The molecule has 0 saturated carbocycles. The number of halogens is 1. The molecule has 3 nitrogen and oxygen atoms in total. The number of carbonyl (C=O) groups excluding carboxylic acids is 1. The minimum Gasteiger partial charge on any atom is -0.398 e. The molecule has 0 atom stereocenters. The standard InChI is InChI=1S/C14H21ClN2OS/c1-4-14(5-2,19-3)9-17-13(18)10-6-7-11(15)12(16)8-10/h6-8H,4-5,9,16H2,1-3H3,(H,17,18). The number of benzene rings is 1. The molecule has 0 aliphatic carbocycles. The molecule has 1 amide bonds. The fourth-order valence-corrected chi connectivity index (χ4v) is 2.80. The summed E-state index contributed by atoms with van der Waals surface area (Å²) in [6.45, 7) is 4.95. The minimum absolute atomic E-state index is 0.105. The van der Waals surface area contributed by atoms with Crippen molar-refractivity contribution in [1.29, 1.82) is 0 Å². The lowest BCUT2D eigenvalue weighted by molar-refractivity contribution is 0.0949. The molecular weight excluding hydrogens is 280 g/mol. The van der Waals surface area contributed by atoms with Crippen LogP contribution in [0.2, 0.25) is 5.02 Å². The monoisotopic (exact) mass is 300 g/mol. The van der Waals surface area contributed by atoms with E-state index in [-0.39, 0.29) is 10.7 Å². The zero-order valence-corrected chi connectivity index (χ0v) is 13.2. The van der Waals surface area contributed by atoms with Gasteiger partial charge in [0.1, 0.15) is 0 Å². The van der Waals surface area contributed by atoms with E-state index in [1.807, 2.05) is 0 Å². The van der Waals surface area contributed by atoms with Crippen LogP contribution < -0.4 is 11.1 Å². The number of thioether (sulfide) groups is 1. The highest BCUT2D eigenvalue weighted by Gasteiger charge is 2.25. The maximum absolute atomic E-state index is 12.1. The van der Waals surface area contributed by atoms with E-state index >= 15 is 0 Å². The molecule has 0 bridgehead atoms. The van der Waals surface area contributed by atoms with E-state index in [0.717, 1.165) is 12.8 Å². The first-order valence-electron chi connectivity index (χ1n) is 6.36. The topological polar surface area (TPSA) is 55.1 Å². The maximum atomic E-state index is 12.1. The summed E-state index contributed by atoms with van der Waals surface area (Å²) in [6, 6.07) is 4.94. The van der Waals surface area contributed by atoms with Crippen molar-refractivity contribution < 1.29 is 4.79 Å². The Balaban J connectivity index is 2.72. The summed E-state index contributed by atoms with van der Waals surface area (Å²) in [5, 5.41) is 3.45. The van der Waals surface area contributed by atoms with Gasteiger partial charge in [0.05, 0.1) is 10.7 Å². The summed E-state index contributed by atoms with van der Waals surface area (Å²) >= 11 is 7.64. The Bertz CT molecular complexity index is 439. The van der Waals surface area contributed by atoms with Crippen molar-refractivity contribution in [2.24, 2.45) is 0 Å². The Kier molecular flexibility index (Phi) is 6.01. The van der Waals surface area contributed by atoms with Gasteiger partial charge in [0.25, 0.3) is 5.91 Å². The molecule has 1 rings (SSSR count). The lowest BCUT2D eigenvalue weighted by Gasteiger charge is -2.29. The van der Waals surface area contributed by atoms with Gasteiger partial charge in [0.15, 0.2) is 0 Å². The number of hydrogen-bond acceptors (Lipinski definition) is 3. The van der Waals surface area contributed by atoms with Crippen LogP contribution in [0.4, 0.5) is 5.69 Å². The highest BCUT2D eigenvalue weighted by atomic mass is 35.5. The van der Waals surface area contributed by atoms with Gasteiger partial charge in [-0.1, -0.05) is 25.4 Å². The third kappa shape index (κ3) is 4.05. The molecule has 0 aliphatic heterocycles. The van der Waals surface area contributed by atoms with Crippen molar-refractivity contribution in [3.8, 4) is 0 Å². The van der Waals surface area contributed by atoms with E-state index in [1.54, 1.807) is 30.0 Å². The number of carbonyl (C=O) groups is 1. The number of nitrogens with two attached hydrogens (primary N) is 1. The molecule has 5 heteroatoms. The molecule has 19 heavy (non-hydrogen) atoms. The predicted molar refractivity (Wildman–Crippen MR) is 85.0 cm³/mol. The first-order chi connectivity index (χ1) is 8.98. The molecule has 0 radical (unpaired) electrons. The van der Waals surface area contributed by atoms with Crippen molar-refractivity contribution in [1.82, 2.24) is 5.32 Å². The highest BCUT2D eigenvalue weighted by Crippen LogP contribution is 2.29. The first kappa shape index (κ1) is 16.2. The normalized spacial score (nSPS) is 11.4. The first-order valence-corrected chi connectivity index (χ1v) is 7.96. The fraction of sp³-hybridized carbons (Fsp3) is 0.500. The molecular formula is C14H21ClN2OS. The van der Waals surface area contributed by atoms with E-state index in [4.69, 9.17) is 17.3 Å². The zero-order valence-electron chi connectivity index (χ0n) is 11.6. The van der Waals surface area contributed by atoms with Crippen LogP contribution in [0, 0.1) is 0 Å². The lowest BCUT2D eigenvalue weighted by atomic mass is 10.0. The molecule has 0 saturated heterocycles. The van der Waals surface area contributed by atoms with E-state index in [1.165, 1.54) is 0 Å². The molecule has 0 fully saturated rings. The average Bonchev–Trinajstić information content (AvgIpc) is 2.43. The number of anilines is 1. The van der Waals surface area contributed by atoms with Crippen molar-refractivity contribution in [2.45, 2.75) is 31.4 Å². The summed E-state index contributed by atoms with van der Waals surface area (Å²) in [6.07, 6.45) is 4.13. The van der Waals surface area contributed by atoms with Gasteiger partial charge >= 0.3 is 0 Å². The Labute approximate surface area is 124 Å². The SMILES string of the molecule is CCC(CC)(CNC(=O)c1ccc(Cl)c(N)c1)SC. The van der Waals surface area contributed by atoms with Crippen molar-refractivity contribution in [2.75, 3.05) is 18.5 Å². The van der Waals surface area contributed by atoms with Crippen LogP contribution in [0.15, 0.2) is 18.2 Å². The third-order valence-electron chi connectivity index (χ3n) is 3.55. The highest BCUT2D eigenvalue weighted by molar-refractivity contribution is 8.00. The van der Waals surface area contributed by atoms with Gasteiger partial charge in [-0.05, 0) is 37.3 Å². The predicted octanol–water partition coefficient (Wildman–Crippen LogP) is 3.57. The summed E-state index contributed by atoms with van der Waals surface area (Å²) in [7, 11) is 0. The van der Waals surface area contributed by atoms with Crippen LogP contribution in [-0.4, -0.2) is 23.5 Å². The largest absolute Gasteiger partial charge is 0.398 e. The van der Waals surface area contributed by atoms with Gasteiger partial charge < -0.3 is 11.1 Å². The van der Waals surface area contributed by atoms with Gasteiger partial charge in [-0.15, -0.1) is 0 Å². The summed E-state index contributed by atoms with van der Waals surface area (Å²) < 4.78 is 0.105. The Morgan fingerprint density at radius 1 is 1.42 bits per heavy atom. The summed E-state index contributed by atoms with van der Waals surface area (Å²) in [4.78, 5) is 12.1. The molecule has 106 valence electrons. The van der Waals surface area contributed by atoms with Crippen LogP contribution in [0.3, 0.4) is 0 Å². The molecule has 1 aromatic carbocycles. The molecule has 0 aromatic heterocycles. The van der Waals surface area contributed by atoms with Gasteiger partial charge in [0.2, 0.25) is 0 Å². The van der Waals surface area contributed by atoms with E-state index in [0.29, 0.717) is 22.8 Å². The third-order valence-corrected chi connectivity index (χ3v) is 5.48.